The van der Waals surface area contributed by atoms with Crippen molar-refractivity contribution in [1.29, 1.82) is 0 Å². The monoisotopic (exact) mass is 309 g/mol. The van der Waals surface area contributed by atoms with Gasteiger partial charge in [-0.25, -0.2) is 8.78 Å². The molecule has 0 bridgehead atoms. The number of nitrogens with one attached hydrogen (secondary N) is 1. The van der Waals surface area contributed by atoms with Crippen LogP contribution in [0.15, 0.2) is 34.9 Å². The Balaban J connectivity index is 1.93. The molecule has 0 fully saturated rings. The minimum atomic E-state index is -0.926. The van der Waals surface area contributed by atoms with Crippen molar-refractivity contribution in [3.8, 4) is 0 Å². The van der Waals surface area contributed by atoms with Crippen molar-refractivity contribution in [3.63, 3.8) is 0 Å². The van der Waals surface area contributed by atoms with Gasteiger partial charge in [0.25, 0.3) is 5.91 Å². The number of rotatable bonds is 6. The number of aryl methyl sites for hydroxylation is 1. The highest BCUT2D eigenvalue weighted by atomic mass is 19.2. The van der Waals surface area contributed by atoms with Crippen LogP contribution >= 0.6 is 0 Å². The second-order valence-electron chi connectivity index (χ2n) is 5.14. The van der Waals surface area contributed by atoms with Crippen LogP contribution in [-0.2, 0) is 6.42 Å². The standard InChI is InChI=1S/C16H17F2NO3/c1-10-4-5-22-15(10)16(21)19-8-12(9-20)6-11-2-3-13(17)14(18)7-11/h2-5,7,12,20H,6,8-9H2,1H3,(H,19,21). The molecule has 0 radical (unpaired) electrons. The topological polar surface area (TPSA) is 62.5 Å². The van der Waals surface area contributed by atoms with Gasteiger partial charge in [-0.15, -0.1) is 0 Å². The highest BCUT2D eigenvalue weighted by Gasteiger charge is 2.16. The van der Waals surface area contributed by atoms with Crippen LogP contribution in [0, 0.1) is 24.5 Å². The Kier molecular flexibility index (Phi) is 5.27. The fourth-order valence-electron chi connectivity index (χ4n) is 2.12. The molecule has 2 N–H and O–H groups in total. The molecule has 1 aromatic heterocycles. The van der Waals surface area contributed by atoms with E-state index in [-0.39, 0.29) is 30.7 Å². The van der Waals surface area contributed by atoms with E-state index in [1.807, 2.05) is 0 Å². The molecular formula is C16H17F2NO3. The maximum absolute atomic E-state index is 13.2. The first-order valence-electron chi connectivity index (χ1n) is 6.88. The first-order chi connectivity index (χ1) is 10.5. The molecule has 2 rings (SSSR count). The van der Waals surface area contributed by atoms with Crippen molar-refractivity contribution in [2.45, 2.75) is 13.3 Å². The van der Waals surface area contributed by atoms with Crippen LogP contribution in [-0.4, -0.2) is 24.2 Å². The molecule has 1 unspecified atom stereocenters. The lowest BCUT2D eigenvalue weighted by molar-refractivity contribution is 0.0911. The lowest BCUT2D eigenvalue weighted by atomic mass is 10.00. The van der Waals surface area contributed by atoms with Crippen LogP contribution in [0.5, 0.6) is 0 Å². The number of hydrogen-bond acceptors (Lipinski definition) is 3. The molecule has 1 amide bonds. The molecule has 1 heterocycles. The normalized spacial score (nSPS) is 12.2. The van der Waals surface area contributed by atoms with Gasteiger partial charge < -0.3 is 14.8 Å². The Bertz CT molecular complexity index is 655. The van der Waals surface area contributed by atoms with E-state index in [1.165, 1.54) is 12.3 Å². The minimum Gasteiger partial charge on any atom is -0.459 e. The van der Waals surface area contributed by atoms with Gasteiger partial charge >= 0.3 is 0 Å². The largest absolute Gasteiger partial charge is 0.459 e. The van der Waals surface area contributed by atoms with Crippen molar-refractivity contribution >= 4 is 5.91 Å². The third kappa shape index (κ3) is 3.92. The van der Waals surface area contributed by atoms with Crippen LogP contribution in [0.4, 0.5) is 8.78 Å². The van der Waals surface area contributed by atoms with Crippen molar-refractivity contribution < 1.29 is 23.1 Å². The van der Waals surface area contributed by atoms with E-state index in [1.54, 1.807) is 13.0 Å². The number of carbonyl (C=O) groups is 1. The summed E-state index contributed by atoms with van der Waals surface area (Å²) in [6, 6.07) is 5.28. The molecule has 22 heavy (non-hydrogen) atoms. The van der Waals surface area contributed by atoms with Gasteiger partial charge in [-0.05, 0) is 37.1 Å². The molecule has 0 saturated carbocycles. The summed E-state index contributed by atoms with van der Waals surface area (Å²) in [4.78, 5) is 11.9. The molecule has 1 atom stereocenters. The molecule has 4 nitrogen and oxygen atoms in total. The molecule has 0 aliphatic rings. The van der Waals surface area contributed by atoms with Gasteiger partial charge in [-0.1, -0.05) is 6.07 Å². The van der Waals surface area contributed by atoms with Crippen LogP contribution in [0.3, 0.4) is 0 Å². The number of hydrogen-bond donors (Lipinski definition) is 2. The molecule has 6 heteroatoms. The van der Waals surface area contributed by atoms with E-state index in [0.29, 0.717) is 12.0 Å². The number of amides is 1. The van der Waals surface area contributed by atoms with Gasteiger partial charge in [0, 0.05) is 24.6 Å². The second-order valence-corrected chi connectivity index (χ2v) is 5.14. The number of aliphatic hydroxyl groups excluding tert-OH is 1. The predicted octanol–water partition coefficient (Wildman–Crippen LogP) is 2.45. The van der Waals surface area contributed by atoms with Crippen LogP contribution in [0.1, 0.15) is 21.7 Å². The maximum atomic E-state index is 13.2. The Morgan fingerprint density at radius 3 is 2.68 bits per heavy atom. The summed E-state index contributed by atoms with van der Waals surface area (Å²) in [5, 5.41) is 12.0. The van der Waals surface area contributed by atoms with E-state index in [4.69, 9.17) is 4.42 Å². The Labute approximate surface area is 126 Å². The Morgan fingerprint density at radius 2 is 2.09 bits per heavy atom. The number of halogens is 2. The summed E-state index contributed by atoms with van der Waals surface area (Å²) in [7, 11) is 0. The van der Waals surface area contributed by atoms with Crippen LogP contribution < -0.4 is 5.32 Å². The summed E-state index contributed by atoms with van der Waals surface area (Å²) in [5.74, 6) is -2.28. The highest BCUT2D eigenvalue weighted by Crippen LogP contribution is 2.13. The van der Waals surface area contributed by atoms with Gasteiger partial charge in [-0.2, -0.15) is 0 Å². The maximum Gasteiger partial charge on any atom is 0.287 e. The zero-order valence-electron chi connectivity index (χ0n) is 12.1. The van der Waals surface area contributed by atoms with E-state index in [0.717, 1.165) is 17.7 Å². The average molecular weight is 309 g/mol. The van der Waals surface area contributed by atoms with E-state index < -0.39 is 11.6 Å². The molecule has 2 aromatic rings. The zero-order chi connectivity index (χ0) is 16.1. The van der Waals surface area contributed by atoms with Gasteiger partial charge in [0.2, 0.25) is 0 Å². The first kappa shape index (κ1) is 16.2. The summed E-state index contributed by atoms with van der Waals surface area (Å²) in [5.41, 5.74) is 1.28. The third-order valence-corrected chi connectivity index (χ3v) is 3.39. The minimum absolute atomic E-state index is 0.184. The Hall–Kier alpha value is -2.21. The van der Waals surface area contributed by atoms with E-state index in [9.17, 15) is 18.7 Å². The number of aliphatic hydroxyl groups is 1. The van der Waals surface area contributed by atoms with Crippen molar-refractivity contribution in [3.05, 3.63) is 59.1 Å². The number of carbonyl (C=O) groups excluding carboxylic acids is 1. The second kappa shape index (κ2) is 7.17. The number of benzene rings is 1. The summed E-state index contributed by atoms with van der Waals surface area (Å²) in [6.07, 6.45) is 1.75. The molecular weight excluding hydrogens is 292 g/mol. The summed E-state index contributed by atoms with van der Waals surface area (Å²) < 4.78 is 31.1. The van der Waals surface area contributed by atoms with Gasteiger partial charge in [0.05, 0.1) is 6.26 Å². The fourth-order valence-corrected chi connectivity index (χ4v) is 2.12. The van der Waals surface area contributed by atoms with Crippen molar-refractivity contribution in [2.24, 2.45) is 5.92 Å². The molecule has 0 aliphatic heterocycles. The van der Waals surface area contributed by atoms with Crippen LogP contribution in [0.25, 0.3) is 0 Å². The lowest BCUT2D eigenvalue weighted by Crippen LogP contribution is -2.32. The van der Waals surface area contributed by atoms with Gasteiger partial charge in [0.15, 0.2) is 17.4 Å². The van der Waals surface area contributed by atoms with Crippen molar-refractivity contribution in [1.82, 2.24) is 5.32 Å². The molecule has 0 spiro atoms. The molecule has 0 saturated heterocycles. The fraction of sp³-hybridized carbons (Fsp3) is 0.312. The lowest BCUT2D eigenvalue weighted by Gasteiger charge is -2.15. The predicted molar refractivity (Wildman–Crippen MR) is 76.4 cm³/mol. The smallest absolute Gasteiger partial charge is 0.287 e. The first-order valence-corrected chi connectivity index (χ1v) is 6.88. The molecule has 0 aliphatic carbocycles. The molecule has 1 aromatic carbocycles. The third-order valence-electron chi connectivity index (χ3n) is 3.39. The summed E-state index contributed by atoms with van der Waals surface area (Å²) >= 11 is 0. The SMILES string of the molecule is Cc1ccoc1C(=O)NCC(CO)Cc1ccc(F)c(F)c1. The Morgan fingerprint density at radius 1 is 1.32 bits per heavy atom. The number of furan rings is 1. The zero-order valence-corrected chi connectivity index (χ0v) is 12.1. The van der Waals surface area contributed by atoms with E-state index >= 15 is 0 Å². The van der Waals surface area contributed by atoms with Gasteiger partial charge in [0.1, 0.15) is 0 Å². The molecule has 118 valence electrons. The quantitative estimate of drug-likeness (QED) is 0.861. The average Bonchev–Trinajstić information content (AvgIpc) is 2.93. The highest BCUT2D eigenvalue weighted by molar-refractivity contribution is 5.92. The van der Waals surface area contributed by atoms with E-state index in [2.05, 4.69) is 5.32 Å². The van der Waals surface area contributed by atoms with Crippen molar-refractivity contribution in [2.75, 3.05) is 13.2 Å². The van der Waals surface area contributed by atoms with Crippen LogP contribution in [0.2, 0.25) is 0 Å². The van der Waals surface area contributed by atoms with Gasteiger partial charge in [-0.3, -0.25) is 4.79 Å². The summed E-state index contributed by atoms with van der Waals surface area (Å²) in [6.45, 7) is 1.77.